The highest BCUT2D eigenvalue weighted by atomic mass is 16.2. The Bertz CT molecular complexity index is 3470. The zero-order chi connectivity index (χ0) is 60.3. The predicted molar refractivity (Wildman–Crippen MR) is 335 cm³/mol. The summed E-state index contributed by atoms with van der Waals surface area (Å²) in [5.74, 6) is 0.202. The van der Waals surface area contributed by atoms with Crippen molar-refractivity contribution >= 4 is 81.5 Å². The van der Waals surface area contributed by atoms with Gasteiger partial charge < -0.3 is 62.1 Å². The van der Waals surface area contributed by atoms with Crippen molar-refractivity contribution in [3.05, 3.63) is 192 Å². The molecule has 20 nitrogen and oxygen atoms in total. The zero-order valence-corrected chi connectivity index (χ0v) is 48.9. The van der Waals surface area contributed by atoms with Gasteiger partial charge in [0.15, 0.2) is 0 Å². The molecule has 1 atom stereocenters. The van der Waals surface area contributed by atoms with E-state index < -0.39 is 11.1 Å². The van der Waals surface area contributed by atoms with Gasteiger partial charge >= 0.3 is 12.1 Å². The fourth-order valence-corrected chi connectivity index (χ4v) is 10.2. The van der Waals surface area contributed by atoms with Gasteiger partial charge in [0.05, 0.1) is 43.3 Å². The molecule has 0 saturated carbocycles. The number of amidine groups is 2. The van der Waals surface area contributed by atoms with Crippen molar-refractivity contribution in [2.24, 2.45) is 9.98 Å². The highest BCUT2D eigenvalue weighted by Crippen LogP contribution is 2.40. The second-order valence-electron chi connectivity index (χ2n) is 22.1. The summed E-state index contributed by atoms with van der Waals surface area (Å²) in [5, 5.41) is 24.2. The molecule has 84 heavy (non-hydrogen) atoms. The Morgan fingerprint density at radius 3 is 1.54 bits per heavy atom. The van der Waals surface area contributed by atoms with Crippen LogP contribution in [0.5, 0.6) is 0 Å². The minimum absolute atomic E-state index is 0.0866. The van der Waals surface area contributed by atoms with Crippen LogP contribution in [0.25, 0.3) is 0 Å². The first-order valence-electron chi connectivity index (χ1n) is 27.6. The van der Waals surface area contributed by atoms with Crippen molar-refractivity contribution < 1.29 is 28.8 Å². The van der Waals surface area contributed by atoms with Crippen molar-refractivity contribution in [1.82, 2.24) is 30.2 Å². The molecule has 9 rings (SSSR count). The molecular formula is C64H74N14O6. The van der Waals surface area contributed by atoms with Crippen LogP contribution in [0.4, 0.5) is 43.7 Å². The maximum Gasteiger partial charge on any atom is 0.318 e. The van der Waals surface area contributed by atoms with Crippen molar-refractivity contribution in [2.45, 2.75) is 44.8 Å². The molecular weight excluding hydrogens is 1060 g/mol. The minimum Gasteiger partial charge on any atom is -0.340 e. The minimum atomic E-state index is -0.513. The summed E-state index contributed by atoms with van der Waals surface area (Å²) in [7, 11) is 7.94. The molecule has 436 valence electrons. The zero-order valence-electron chi connectivity index (χ0n) is 48.9. The Morgan fingerprint density at radius 2 is 1.02 bits per heavy atom. The number of nitrogens with zero attached hydrogens (tertiary/aromatic N) is 6. The van der Waals surface area contributed by atoms with E-state index in [1.165, 1.54) is 12.2 Å². The Labute approximate surface area is 490 Å². The molecule has 20 heteroatoms. The van der Waals surface area contributed by atoms with Gasteiger partial charge in [-0.3, -0.25) is 29.2 Å². The van der Waals surface area contributed by atoms with E-state index in [1.54, 1.807) is 60.7 Å². The molecule has 5 aromatic rings. The first-order valence-corrected chi connectivity index (χ1v) is 27.6. The third-order valence-corrected chi connectivity index (χ3v) is 14.9. The van der Waals surface area contributed by atoms with Crippen LogP contribution in [0.3, 0.4) is 0 Å². The maximum atomic E-state index is 13.7. The van der Waals surface area contributed by atoms with Gasteiger partial charge in [-0.05, 0) is 164 Å². The predicted octanol–water partition coefficient (Wildman–Crippen LogP) is 8.84. The van der Waals surface area contributed by atoms with Crippen molar-refractivity contribution in [2.75, 3.05) is 106 Å². The van der Waals surface area contributed by atoms with E-state index >= 15 is 0 Å². The second-order valence-corrected chi connectivity index (χ2v) is 22.1. The van der Waals surface area contributed by atoms with E-state index in [4.69, 9.17) is 9.98 Å². The lowest BCUT2D eigenvalue weighted by Gasteiger charge is -2.36. The van der Waals surface area contributed by atoms with Crippen molar-refractivity contribution in [3.8, 4) is 0 Å². The molecule has 0 bridgehead atoms. The number of benzene rings is 5. The van der Waals surface area contributed by atoms with E-state index in [0.29, 0.717) is 73.1 Å². The Hall–Kier alpha value is -9.66. The average Bonchev–Trinajstić information content (AvgIpc) is 2.26. The molecule has 8 amide bonds. The lowest BCUT2D eigenvalue weighted by molar-refractivity contribution is -0.112. The summed E-state index contributed by atoms with van der Waals surface area (Å²) >= 11 is 0. The third kappa shape index (κ3) is 14.7. The number of aliphatic imine (C=N–C) groups is 2. The van der Waals surface area contributed by atoms with Crippen LogP contribution >= 0.6 is 0 Å². The van der Waals surface area contributed by atoms with Gasteiger partial charge in [-0.1, -0.05) is 61.7 Å². The number of likely N-dealkylation sites (N-methyl/N-ethyl adjacent to an activating group) is 2. The van der Waals surface area contributed by atoms with Crippen LogP contribution in [0, 0.1) is 0 Å². The molecule has 4 aliphatic heterocycles. The first-order chi connectivity index (χ1) is 40.1. The number of carbonyl (C=O) groups excluding carboxylic acids is 6. The van der Waals surface area contributed by atoms with E-state index in [9.17, 15) is 28.8 Å². The van der Waals surface area contributed by atoms with Gasteiger partial charge in [-0.25, -0.2) is 9.59 Å². The molecule has 0 radical (unpaired) electrons. The quantitative estimate of drug-likeness (QED) is 0.0412. The Kier molecular flexibility index (Phi) is 19.1. The largest absolute Gasteiger partial charge is 0.340 e. The number of hydrogen-bond donors (Lipinski definition) is 8. The number of nitrogens with one attached hydrogen (secondary N) is 8. The molecule has 0 fully saturated rings. The van der Waals surface area contributed by atoms with Crippen LogP contribution in [0.15, 0.2) is 185 Å². The number of anilines is 6. The molecule has 0 unspecified atom stereocenters. The van der Waals surface area contributed by atoms with Crippen molar-refractivity contribution in [1.29, 1.82) is 0 Å². The van der Waals surface area contributed by atoms with Gasteiger partial charge in [0, 0.05) is 76.0 Å². The second kappa shape index (κ2) is 26.5. The van der Waals surface area contributed by atoms with Gasteiger partial charge in [-0.2, -0.15) is 0 Å². The van der Waals surface area contributed by atoms with E-state index in [1.807, 2.05) is 110 Å². The number of urea groups is 2. The van der Waals surface area contributed by atoms with Crippen LogP contribution in [0.1, 0.15) is 60.0 Å². The number of amides is 8. The first kappa shape index (κ1) is 60.4. The van der Waals surface area contributed by atoms with Crippen LogP contribution < -0.4 is 42.5 Å². The van der Waals surface area contributed by atoms with Crippen LogP contribution in [-0.4, -0.2) is 152 Å². The summed E-state index contributed by atoms with van der Waals surface area (Å²) < 4.78 is 0. The maximum absolute atomic E-state index is 13.7. The molecule has 4 heterocycles. The van der Waals surface area contributed by atoms with E-state index in [0.717, 1.165) is 57.4 Å². The summed E-state index contributed by atoms with van der Waals surface area (Å²) in [6, 6.07) is 37.7. The van der Waals surface area contributed by atoms with Gasteiger partial charge in [0.25, 0.3) is 11.8 Å². The summed E-state index contributed by atoms with van der Waals surface area (Å²) in [6.45, 7) is 19.1. The molecule has 0 spiro atoms. The lowest BCUT2D eigenvalue weighted by Crippen LogP contribution is -2.52. The topological polar surface area (TPSA) is 236 Å². The van der Waals surface area contributed by atoms with Crippen LogP contribution in [-0.2, 0) is 9.59 Å². The number of hydrogen-bond acceptors (Lipinski definition) is 12. The average molecular weight is 1140 g/mol. The van der Waals surface area contributed by atoms with E-state index in [2.05, 4.69) is 88.3 Å². The summed E-state index contributed by atoms with van der Waals surface area (Å²) in [4.78, 5) is 92.8. The normalized spacial score (nSPS) is 15.6. The summed E-state index contributed by atoms with van der Waals surface area (Å²) in [6.07, 6.45) is 2.36. The van der Waals surface area contributed by atoms with Gasteiger partial charge in [0.1, 0.15) is 11.7 Å². The van der Waals surface area contributed by atoms with Gasteiger partial charge in [-0.15, -0.1) is 0 Å². The Balaban J connectivity index is 0.000000221. The SMILES string of the molecule is C=CC(=O)Nc1ccc(C(=O)Nc2cccc(NC3=NCC4=C3CN(C(=O)NCCN(C)C)C4(C)C)c2)cc1.C=CC(=O)Nc1cccc(C(=O)Nc2cccc(NC3=NCC4=C3CN(C(=O)N[C@H](CN(C)C)c3ccccc3)C4(C)C)c2)c1. The molecule has 0 aliphatic carbocycles. The number of rotatable bonds is 17. The van der Waals surface area contributed by atoms with Crippen LogP contribution in [0.2, 0.25) is 0 Å². The van der Waals surface area contributed by atoms with E-state index in [-0.39, 0.29) is 41.7 Å². The fraction of sp³-hybridized carbons (Fsp3) is 0.281. The smallest absolute Gasteiger partial charge is 0.318 e. The van der Waals surface area contributed by atoms with Gasteiger partial charge in [0.2, 0.25) is 11.8 Å². The molecule has 0 saturated heterocycles. The summed E-state index contributed by atoms with van der Waals surface area (Å²) in [5.41, 5.74) is 9.05. The fourth-order valence-electron chi connectivity index (χ4n) is 10.2. The third-order valence-electron chi connectivity index (χ3n) is 14.9. The monoisotopic (exact) mass is 1130 g/mol. The highest BCUT2D eigenvalue weighted by molar-refractivity contribution is 6.13. The lowest BCUT2D eigenvalue weighted by atomic mass is 9.94. The molecule has 0 aromatic heterocycles. The molecule has 5 aromatic carbocycles. The number of carbonyl (C=O) groups is 6. The Morgan fingerprint density at radius 1 is 0.548 bits per heavy atom. The van der Waals surface area contributed by atoms with Crippen molar-refractivity contribution in [3.63, 3.8) is 0 Å². The molecule has 8 N–H and O–H groups in total. The standard InChI is InChI=1S/C35H39N7O3.C29H35N7O3/c1-6-31(43)37-25-15-10-14-24(18-25)33(44)39-27-17-11-16-26(19-27)38-32-28-21-42(35(2,3)29(28)20-36-32)34(45)40-30(22-41(4)5)23-12-8-7-9-13-23;1-6-25(37)32-20-12-10-19(11-13-20)27(38)34-22-9-7-8-21(16-22)33-26-23-18-36(28(39)30-14-15-35(4)5)29(2,3)24(23)17-31-26/h6-19,30H,1,20-22H2,2-5H3,(H,36,38)(H,37,43)(H,39,44)(H,40,45);6-13,16H,1,14-15,17-18H2,2-5H3,(H,30,39)(H,31,33)(H,32,37)(H,34,38)/t30-;/m1./s1. The highest BCUT2D eigenvalue weighted by Gasteiger charge is 2.47. The molecule has 4 aliphatic rings.